The van der Waals surface area contributed by atoms with E-state index in [1.165, 1.54) is 38.5 Å². The monoisotopic (exact) mass is 282 g/mol. The molecule has 20 heavy (non-hydrogen) atoms. The maximum atomic E-state index is 12.5. The van der Waals surface area contributed by atoms with Crippen molar-refractivity contribution in [1.29, 1.82) is 0 Å². The van der Waals surface area contributed by atoms with Crippen molar-refractivity contribution in [2.75, 3.05) is 26.2 Å². The minimum Gasteiger partial charge on any atom is -0.343 e. The molecule has 1 N–H and O–H groups in total. The second-order valence-corrected chi connectivity index (χ2v) is 6.21. The second kappa shape index (κ2) is 11.1. The molecule has 0 aromatic rings. The number of carbonyl (C=O) groups excluding carboxylic acids is 1. The molecule has 0 aromatic heterocycles. The van der Waals surface area contributed by atoms with Gasteiger partial charge in [0, 0.05) is 19.5 Å². The predicted molar refractivity (Wildman–Crippen MR) is 85.8 cm³/mol. The van der Waals surface area contributed by atoms with Gasteiger partial charge in [-0.25, -0.2) is 0 Å². The first-order valence-corrected chi connectivity index (χ1v) is 8.76. The molecular weight excluding hydrogens is 248 g/mol. The Balaban J connectivity index is 2.35. The van der Waals surface area contributed by atoms with Gasteiger partial charge >= 0.3 is 0 Å². The van der Waals surface area contributed by atoms with Crippen molar-refractivity contribution in [3.05, 3.63) is 0 Å². The van der Waals surface area contributed by atoms with E-state index in [2.05, 4.69) is 24.1 Å². The van der Waals surface area contributed by atoms with Gasteiger partial charge in [-0.2, -0.15) is 0 Å². The maximum Gasteiger partial charge on any atom is 0.222 e. The molecule has 3 nitrogen and oxygen atoms in total. The van der Waals surface area contributed by atoms with Crippen molar-refractivity contribution in [1.82, 2.24) is 10.2 Å². The molecule has 1 saturated heterocycles. The quantitative estimate of drug-likeness (QED) is 0.621. The van der Waals surface area contributed by atoms with Crippen LogP contribution in [0.25, 0.3) is 0 Å². The summed E-state index contributed by atoms with van der Waals surface area (Å²) < 4.78 is 0. The summed E-state index contributed by atoms with van der Waals surface area (Å²) in [4.78, 5) is 14.6. The van der Waals surface area contributed by atoms with Gasteiger partial charge in [0.05, 0.1) is 0 Å². The van der Waals surface area contributed by atoms with Crippen molar-refractivity contribution in [3.8, 4) is 0 Å². The third-order valence-corrected chi connectivity index (χ3v) is 4.28. The van der Waals surface area contributed by atoms with Crippen LogP contribution in [-0.2, 0) is 4.79 Å². The number of hydrogen-bond acceptors (Lipinski definition) is 2. The maximum absolute atomic E-state index is 12.5. The van der Waals surface area contributed by atoms with Gasteiger partial charge in [-0.15, -0.1) is 0 Å². The molecule has 3 heteroatoms. The Hall–Kier alpha value is -0.570. The van der Waals surface area contributed by atoms with Crippen LogP contribution in [0.4, 0.5) is 0 Å². The first-order valence-electron chi connectivity index (χ1n) is 8.76. The lowest BCUT2D eigenvalue weighted by Crippen LogP contribution is -2.37. The van der Waals surface area contributed by atoms with Gasteiger partial charge in [0.2, 0.25) is 5.91 Å². The van der Waals surface area contributed by atoms with Gasteiger partial charge in [0.25, 0.3) is 0 Å². The van der Waals surface area contributed by atoms with Crippen LogP contribution >= 0.6 is 0 Å². The summed E-state index contributed by atoms with van der Waals surface area (Å²) in [6, 6.07) is 0. The summed E-state index contributed by atoms with van der Waals surface area (Å²) in [6.07, 6.45) is 10.5. The zero-order chi connectivity index (χ0) is 14.6. The number of nitrogens with zero attached hydrogens (tertiary/aromatic N) is 1. The third-order valence-electron chi connectivity index (χ3n) is 4.28. The predicted octanol–water partition coefficient (Wildman–Crippen LogP) is 3.59. The SMILES string of the molecule is CCCCCN(CCCCC)C(=O)CC1CCCNC1. The summed E-state index contributed by atoms with van der Waals surface area (Å²) in [7, 11) is 0. The highest BCUT2D eigenvalue weighted by molar-refractivity contribution is 5.76. The molecule has 1 aliphatic rings. The zero-order valence-corrected chi connectivity index (χ0v) is 13.6. The lowest BCUT2D eigenvalue weighted by Gasteiger charge is -2.27. The number of amides is 1. The van der Waals surface area contributed by atoms with Crippen LogP contribution in [0.1, 0.15) is 71.6 Å². The summed E-state index contributed by atoms with van der Waals surface area (Å²) >= 11 is 0. The van der Waals surface area contributed by atoms with E-state index < -0.39 is 0 Å². The second-order valence-electron chi connectivity index (χ2n) is 6.21. The highest BCUT2D eigenvalue weighted by atomic mass is 16.2. The molecule has 0 bridgehead atoms. The first kappa shape index (κ1) is 17.5. The van der Waals surface area contributed by atoms with Gasteiger partial charge in [0.1, 0.15) is 0 Å². The van der Waals surface area contributed by atoms with E-state index >= 15 is 0 Å². The van der Waals surface area contributed by atoms with Crippen molar-refractivity contribution in [2.45, 2.75) is 71.6 Å². The topological polar surface area (TPSA) is 32.3 Å². The molecule has 0 aromatic carbocycles. The van der Waals surface area contributed by atoms with Crippen molar-refractivity contribution in [3.63, 3.8) is 0 Å². The Morgan fingerprint density at radius 1 is 1.10 bits per heavy atom. The van der Waals surface area contributed by atoms with Crippen LogP contribution < -0.4 is 5.32 Å². The molecule has 1 amide bonds. The van der Waals surface area contributed by atoms with Gasteiger partial charge in [-0.05, 0) is 44.7 Å². The van der Waals surface area contributed by atoms with Gasteiger partial charge in [-0.3, -0.25) is 4.79 Å². The fourth-order valence-electron chi connectivity index (χ4n) is 2.94. The summed E-state index contributed by atoms with van der Waals surface area (Å²) in [5.74, 6) is 0.960. The molecule has 0 radical (unpaired) electrons. The molecule has 1 fully saturated rings. The molecule has 0 aliphatic carbocycles. The minimum atomic E-state index is 0.394. The molecule has 1 atom stereocenters. The van der Waals surface area contributed by atoms with Crippen LogP contribution in [0.15, 0.2) is 0 Å². The lowest BCUT2D eigenvalue weighted by atomic mass is 9.95. The molecule has 1 heterocycles. The Morgan fingerprint density at radius 2 is 1.75 bits per heavy atom. The minimum absolute atomic E-state index is 0.394. The highest BCUT2D eigenvalue weighted by Crippen LogP contribution is 2.16. The molecule has 0 spiro atoms. The fourth-order valence-corrected chi connectivity index (χ4v) is 2.94. The number of nitrogens with one attached hydrogen (secondary N) is 1. The molecular formula is C17H34N2O. The van der Waals surface area contributed by atoms with E-state index in [0.29, 0.717) is 11.8 Å². The van der Waals surface area contributed by atoms with Gasteiger partial charge in [0.15, 0.2) is 0 Å². The largest absolute Gasteiger partial charge is 0.343 e. The van der Waals surface area contributed by atoms with Crippen LogP contribution in [0.2, 0.25) is 0 Å². The van der Waals surface area contributed by atoms with E-state index in [1.807, 2.05) is 0 Å². The van der Waals surface area contributed by atoms with Crippen molar-refractivity contribution in [2.24, 2.45) is 5.92 Å². The number of rotatable bonds is 10. The molecule has 118 valence electrons. The van der Waals surface area contributed by atoms with Crippen LogP contribution in [-0.4, -0.2) is 37.0 Å². The zero-order valence-electron chi connectivity index (χ0n) is 13.6. The fraction of sp³-hybridized carbons (Fsp3) is 0.941. The Bertz CT molecular complexity index is 239. The van der Waals surface area contributed by atoms with Gasteiger partial charge in [-0.1, -0.05) is 39.5 Å². The Labute approximate surface area is 125 Å². The molecule has 1 rings (SSSR count). The first-order chi connectivity index (χ1) is 9.77. The average Bonchev–Trinajstić information content (AvgIpc) is 2.47. The van der Waals surface area contributed by atoms with Crippen LogP contribution in [0.3, 0.4) is 0 Å². The standard InChI is InChI=1S/C17H34N2O/c1-3-5-7-12-19(13-8-6-4-2)17(20)14-16-10-9-11-18-15-16/h16,18H,3-15H2,1-2H3. The van der Waals surface area contributed by atoms with E-state index in [1.54, 1.807) is 0 Å². The summed E-state index contributed by atoms with van der Waals surface area (Å²) in [5.41, 5.74) is 0. The van der Waals surface area contributed by atoms with Crippen LogP contribution in [0, 0.1) is 5.92 Å². The highest BCUT2D eigenvalue weighted by Gasteiger charge is 2.20. The molecule has 1 aliphatic heterocycles. The number of unbranched alkanes of at least 4 members (excludes halogenated alkanes) is 4. The van der Waals surface area contributed by atoms with Crippen molar-refractivity contribution >= 4 is 5.91 Å². The van der Waals surface area contributed by atoms with E-state index in [0.717, 1.165) is 45.4 Å². The van der Waals surface area contributed by atoms with E-state index in [4.69, 9.17) is 0 Å². The van der Waals surface area contributed by atoms with E-state index in [9.17, 15) is 4.79 Å². The Kier molecular flexibility index (Phi) is 9.73. The number of carbonyl (C=O) groups is 1. The molecule has 0 saturated carbocycles. The normalized spacial score (nSPS) is 19.0. The lowest BCUT2D eigenvalue weighted by molar-refractivity contribution is -0.132. The number of piperidine rings is 1. The summed E-state index contributed by atoms with van der Waals surface area (Å²) in [6.45, 7) is 8.53. The summed E-state index contributed by atoms with van der Waals surface area (Å²) in [5, 5.41) is 3.41. The smallest absolute Gasteiger partial charge is 0.222 e. The average molecular weight is 282 g/mol. The van der Waals surface area contributed by atoms with Crippen LogP contribution in [0.5, 0.6) is 0 Å². The molecule has 1 unspecified atom stereocenters. The van der Waals surface area contributed by atoms with E-state index in [-0.39, 0.29) is 0 Å². The third kappa shape index (κ3) is 7.28. The Morgan fingerprint density at radius 3 is 2.25 bits per heavy atom. The van der Waals surface area contributed by atoms with Crippen molar-refractivity contribution < 1.29 is 4.79 Å². The number of hydrogen-bond donors (Lipinski definition) is 1. The van der Waals surface area contributed by atoms with Gasteiger partial charge < -0.3 is 10.2 Å².